The summed E-state index contributed by atoms with van der Waals surface area (Å²) in [7, 11) is 0. The van der Waals surface area contributed by atoms with Gasteiger partial charge >= 0.3 is 5.97 Å². The highest BCUT2D eigenvalue weighted by molar-refractivity contribution is 6.03. The lowest BCUT2D eigenvalue weighted by molar-refractivity contribution is 0.0696. The monoisotopic (exact) mass is 285 g/mol. The Kier molecular flexibility index (Phi) is 3.90. The zero-order valence-electron chi connectivity index (χ0n) is 10.5. The molecule has 7 heteroatoms. The maximum atomic E-state index is 13.1. The van der Waals surface area contributed by atoms with E-state index in [0.717, 1.165) is 12.3 Å². The van der Waals surface area contributed by atoms with Gasteiger partial charge in [-0.05, 0) is 30.3 Å². The first-order valence-electron chi connectivity index (χ1n) is 5.71. The summed E-state index contributed by atoms with van der Waals surface area (Å²) < 4.78 is 13.1. The van der Waals surface area contributed by atoms with Crippen molar-refractivity contribution < 1.29 is 19.1 Å². The Bertz CT molecular complexity index is 751. The first kappa shape index (κ1) is 14.1. The van der Waals surface area contributed by atoms with Gasteiger partial charge in [0.05, 0.1) is 11.1 Å². The van der Waals surface area contributed by atoms with Gasteiger partial charge in [-0.25, -0.2) is 9.18 Å². The number of nitrogens with zero attached hydrogens (tertiary/aromatic N) is 2. The van der Waals surface area contributed by atoms with Crippen LogP contribution in [0.15, 0.2) is 36.5 Å². The number of nitriles is 1. The zero-order chi connectivity index (χ0) is 15.4. The summed E-state index contributed by atoms with van der Waals surface area (Å²) in [5, 5.41) is 19.9. The molecular weight excluding hydrogens is 277 g/mol. The van der Waals surface area contributed by atoms with Crippen LogP contribution in [0.25, 0.3) is 0 Å². The Morgan fingerprint density at radius 1 is 1.29 bits per heavy atom. The van der Waals surface area contributed by atoms with Crippen molar-refractivity contribution in [2.75, 3.05) is 5.32 Å². The molecule has 21 heavy (non-hydrogen) atoms. The van der Waals surface area contributed by atoms with Crippen LogP contribution in [-0.4, -0.2) is 22.0 Å². The first-order valence-corrected chi connectivity index (χ1v) is 5.71. The van der Waals surface area contributed by atoms with E-state index in [-0.39, 0.29) is 22.5 Å². The van der Waals surface area contributed by atoms with E-state index >= 15 is 0 Å². The number of aromatic carboxylic acids is 1. The molecule has 0 aliphatic carbocycles. The predicted molar refractivity (Wildman–Crippen MR) is 70.3 cm³/mol. The fourth-order valence-corrected chi connectivity index (χ4v) is 1.54. The van der Waals surface area contributed by atoms with Crippen molar-refractivity contribution in [1.82, 2.24) is 4.98 Å². The van der Waals surface area contributed by atoms with Crippen molar-refractivity contribution >= 4 is 17.6 Å². The van der Waals surface area contributed by atoms with Crippen molar-refractivity contribution in [2.24, 2.45) is 0 Å². The molecule has 0 aliphatic heterocycles. The van der Waals surface area contributed by atoms with Crippen molar-refractivity contribution in [2.45, 2.75) is 0 Å². The van der Waals surface area contributed by atoms with E-state index < -0.39 is 17.7 Å². The van der Waals surface area contributed by atoms with Gasteiger partial charge in [-0.15, -0.1) is 0 Å². The minimum Gasteiger partial charge on any atom is -0.478 e. The Hall–Kier alpha value is -3.27. The molecule has 2 rings (SSSR count). The molecule has 6 nitrogen and oxygen atoms in total. The van der Waals surface area contributed by atoms with Gasteiger partial charge in [0.2, 0.25) is 0 Å². The molecule has 1 aromatic carbocycles. The van der Waals surface area contributed by atoms with E-state index in [1.54, 1.807) is 6.07 Å². The standard InChI is InChI=1S/C14H8FN3O3/c15-11-3-2-10(5-9(11)6-16)18-13(19)12-4-1-8(7-17-12)14(20)21/h1-5,7H,(H,18,19)(H,20,21). The minimum absolute atomic E-state index is 0.00262. The van der Waals surface area contributed by atoms with Crippen LogP contribution in [0, 0.1) is 17.1 Å². The van der Waals surface area contributed by atoms with Crippen LogP contribution in [0.3, 0.4) is 0 Å². The molecule has 104 valence electrons. The number of carbonyl (C=O) groups excluding carboxylic acids is 1. The third-order valence-electron chi connectivity index (χ3n) is 2.59. The number of rotatable bonds is 3. The summed E-state index contributed by atoms with van der Waals surface area (Å²) >= 11 is 0. The number of hydrogen-bond acceptors (Lipinski definition) is 4. The Labute approximate surface area is 118 Å². The number of amides is 1. The van der Waals surface area contributed by atoms with E-state index in [1.807, 2.05) is 0 Å². The number of pyridine rings is 1. The number of hydrogen-bond donors (Lipinski definition) is 2. The number of carbonyl (C=O) groups is 2. The van der Waals surface area contributed by atoms with Gasteiger partial charge in [-0.3, -0.25) is 9.78 Å². The molecule has 0 aliphatic rings. The Morgan fingerprint density at radius 3 is 2.62 bits per heavy atom. The van der Waals surface area contributed by atoms with Crippen molar-refractivity contribution in [3.63, 3.8) is 0 Å². The lowest BCUT2D eigenvalue weighted by Crippen LogP contribution is -2.14. The molecule has 0 saturated heterocycles. The SMILES string of the molecule is N#Cc1cc(NC(=O)c2ccc(C(=O)O)cn2)ccc1F. The molecule has 2 N–H and O–H groups in total. The van der Waals surface area contributed by atoms with Crippen molar-refractivity contribution in [3.05, 3.63) is 59.2 Å². The van der Waals surface area contributed by atoms with E-state index in [1.165, 1.54) is 24.3 Å². The van der Waals surface area contributed by atoms with Crippen LogP contribution in [0.1, 0.15) is 26.4 Å². The number of halogens is 1. The second-order valence-corrected chi connectivity index (χ2v) is 4.00. The number of benzene rings is 1. The smallest absolute Gasteiger partial charge is 0.337 e. The summed E-state index contributed by atoms with van der Waals surface area (Å²) in [5.74, 6) is -2.42. The summed E-state index contributed by atoms with van der Waals surface area (Å²) in [6, 6.07) is 7.73. The molecule has 0 unspecified atom stereocenters. The Balaban J connectivity index is 2.18. The molecule has 0 saturated carbocycles. The highest BCUT2D eigenvalue weighted by atomic mass is 19.1. The van der Waals surface area contributed by atoms with E-state index in [9.17, 15) is 14.0 Å². The number of nitrogens with one attached hydrogen (secondary N) is 1. The molecule has 0 radical (unpaired) electrons. The lowest BCUT2D eigenvalue weighted by atomic mass is 10.2. The van der Waals surface area contributed by atoms with Gasteiger partial charge in [0.25, 0.3) is 5.91 Å². The second kappa shape index (κ2) is 5.79. The highest BCUT2D eigenvalue weighted by Crippen LogP contribution is 2.14. The zero-order valence-corrected chi connectivity index (χ0v) is 10.5. The number of anilines is 1. The van der Waals surface area contributed by atoms with Gasteiger partial charge in [-0.2, -0.15) is 5.26 Å². The van der Waals surface area contributed by atoms with Crippen molar-refractivity contribution in [3.8, 4) is 6.07 Å². The molecule has 0 bridgehead atoms. The van der Waals surface area contributed by atoms with Crippen LogP contribution in [0.5, 0.6) is 0 Å². The third-order valence-corrected chi connectivity index (χ3v) is 2.59. The molecule has 0 fully saturated rings. The van der Waals surface area contributed by atoms with Gasteiger partial charge < -0.3 is 10.4 Å². The number of carboxylic acid groups (broad SMARTS) is 1. The molecule has 1 heterocycles. The quantitative estimate of drug-likeness (QED) is 0.898. The summed E-state index contributed by atoms with van der Waals surface area (Å²) in [5.41, 5.74) is 0.00646. The summed E-state index contributed by atoms with van der Waals surface area (Å²) in [4.78, 5) is 26.3. The molecule has 1 aromatic heterocycles. The average molecular weight is 285 g/mol. The maximum Gasteiger partial charge on any atom is 0.337 e. The van der Waals surface area contributed by atoms with Crippen LogP contribution >= 0.6 is 0 Å². The van der Waals surface area contributed by atoms with Gasteiger partial charge in [0, 0.05) is 11.9 Å². The van der Waals surface area contributed by atoms with Crippen LogP contribution in [0.2, 0.25) is 0 Å². The van der Waals surface area contributed by atoms with Gasteiger partial charge in [0.1, 0.15) is 17.6 Å². The van der Waals surface area contributed by atoms with Crippen molar-refractivity contribution in [1.29, 1.82) is 5.26 Å². The third kappa shape index (κ3) is 3.19. The minimum atomic E-state index is -1.15. The van der Waals surface area contributed by atoms with E-state index in [0.29, 0.717) is 0 Å². The topological polar surface area (TPSA) is 103 Å². The molecule has 0 atom stereocenters. The average Bonchev–Trinajstić information content (AvgIpc) is 2.49. The maximum absolute atomic E-state index is 13.1. The fraction of sp³-hybridized carbons (Fsp3) is 0. The predicted octanol–water partition coefficient (Wildman–Crippen LogP) is 2.04. The lowest BCUT2D eigenvalue weighted by Gasteiger charge is -2.05. The van der Waals surface area contributed by atoms with E-state index in [4.69, 9.17) is 10.4 Å². The summed E-state index contributed by atoms with van der Waals surface area (Å²) in [6.07, 6.45) is 1.06. The van der Waals surface area contributed by atoms with Gasteiger partial charge in [-0.1, -0.05) is 0 Å². The van der Waals surface area contributed by atoms with Crippen LogP contribution in [-0.2, 0) is 0 Å². The number of carboxylic acids is 1. The fourth-order valence-electron chi connectivity index (χ4n) is 1.54. The highest BCUT2D eigenvalue weighted by Gasteiger charge is 2.11. The van der Waals surface area contributed by atoms with Crippen LogP contribution in [0.4, 0.5) is 10.1 Å². The van der Waals surface area contributed by atoms with Gasteiger partial charge in [0.15, 0.2) is 0 Å². The summed E-state index contributed by atoms with van der Waals surface area (Å²) in [6.45, 7) is 0. The number of aromatic nitrogens is 1. The second-order valence-electron chi connectivity index (χ2n) is 4.00. The molecule has 0 spiro atoms. The first-order chi connectivity index (χ1) is 10.0. The molecule has 1 amide bonds. The Morgan fingerprint density at radius 2 is 2.05 bits per heavy atom. The van der Waals surface area contributed by atoms with E-state index in [2.05, 4.69) is 10.3 Å². The normalized spacial score (nSPS) is 9.71. The molecule has 2 aromatic rings. The largest absolute Gasteiger partial charge is 0.478 e. The van der Waals surface area contributed by atoms with Crippen LogP contribution < -0.4 is 5.32 Å². The molecular formula is C14H8FN3O3.